The lowest BCUT2D eigenvalue weighted by atomic mass is 10.1. The lowest BCUT2D eigenvalue weighted by Gasteiger charge is -2.24. The van der Waals surface area contributed by atoms with Gasteiger partial charge in [0.05, 0.1) is 0 Å². The molecule has 1 fully saturated rings. The van der Waals surface area contributed by atoms with E-state index in [0.29, 0.717) is 13.0 Å². The summed E-state index contributed by atoms with van der Waals surface area (Å²) in [4.78, 5) is 16.1. The van der Waals surface area contributed by atoms with Gasteiger partial charge in [-0.3, -0.25) is 9.63 Å². The van der Waals surface area contributed by atoms with Crippen molar-refractivity contribution in [3.8, 4) is 0 Å². The molecule has 1 aliphatic rings. The van der Waals surface area contributed by atoms with Crippen LogP contribution in [0.1, 0.15) is 45.4 Å². The molecule has 0 bridgehead atoms. The monoisotopic (exact) mass is 231 g/mol. The molecule has 1 rings (SSSR count). The molecule has 2 unspecified atom stereocenters. The molecular formula is C11H21NO4. The molecule has 0 amide bonds. The van der Waals surface area contributed by atoms with E-state index in [9.17, 15) is 4.79 Å². The fourth-order valence-corrected chi connectivity index (χ4v) is 1.60. The van der Waals surface area contributed by atoms with Gasteiger partial charge in [-0.15, -0.1) is 0 Å². The van der Waals surface area contributed by atoms with Crippen molar-refractivity contribution in [1.29, 1.82) is 0 Å². The molecule has 0 saturated carbocycles. The first-order valence-corrected chi connectivity index (χ1v) is 5.99. The third-order valence-corrected chi connectivity index (χ3v) is 2.62. The maximum Gasteiger partial charge on any atom is 0.323 e. The van der Waals surface area contributed by atoms with Crippen molar-refractivity contribution >= 4 is 5.97 Å². The summed E-state index contributed by atoms with van der Waals surface area (Å²) in [5.74, 6) is -0.871. The van der Waals surface area contributed by atoms with Crippen LogP contribution in [0.5, 0.6) is 0 Å². The fourth-order valence-electron chi connectivity index (χ4n) is 1.60. The summed E-state index contributed by atoms with van der Waals surface area (Å²) in [5, 5.41) is 8.95. The van der Waals surface area contributed by atoms with Crippen LogP contribution in [0.2, 0.25) is 0 Å². The Morgan fingerprint density at radius 2 is 2.44 bits per heavy atom. The Morgan fingerprint density at radius 1 is 1.62 bits per heavy atom. The third kappa shape index (κ3) is 4.92. The van der Waals surface area contributed by atoms with Crippen molar-refractivity contribution < 1.29 is 19.5 Å². The van der Waals surface area contributed by atoms with E-state index >= 15 is 0 Å². The molecule has 0 spiro atoms. The van der Waals surface area contributed by atoms with Crippen LogP contribution >= 0.6 is 0 Å². The largest absolute Gasteiger partial charge is 0.480 e. The number of hydroxylamine groups is 1. The molecule has 0 aromatic rings. The number of rotatable bonds is 7. The molecule has 2 atom stereocenters. The second-order valence-corrected chi connectivity index (χ2v) is 4.06. The first-order valence-electron chi connectivity index (χ1n) is 5.99. The zero-order valence-corrected chi connectivity index (χ0v) is 9.78. The average Bonchev–Trinajstić information content (AvgIpc) is 2.30. The Kier molecular flexibility index (Phi) is 6.37. The van der Waals surface area contributed by atoms with E-state index in [-0.39, 0.29) is 6.29 Å². The number of carbonyl (C=O) groups is 1. The van der Waals surface area contributed by atoms with Crippen LogP contribution in [0.15, 0.2) is 0 Å². The van der Waals surface area contributed by atoms with Gasteiger partial charge in [-0.25, -0.2) is 0 Å². The highest BCUT2D eigenvalue weighted by atomic mass is 16.8. The van der Waals surface area contributed by atoms with Crippen LogP contribution in [0, 0.1) is 0 Å². The summed E-state index contributed by atoms with van der Waals surface area (Å²) >= 11 is 0. The number of hydrogen-bond donors (Lipinski definition) is 2. The number of nitrogens with one attached hydrogen (secondary N) is 1. The van der Waals surface area contributed by atoms with Crippen LogP contribution in [0.4, 0.5) is 0 Å². The van der Waals surface area contributed by atoms with Crippen molar-refractivity contribution in [2.75, 3.05) is 6.61 Å². The zero-order chi connectivity index (χ0) is 11.8. The minimum absolute atomic E-state index is 0.294. The number of unbranched alkanes of at least 4 members (excludes halogenated alkanes) is 1. The van der Waals surface area contributed by atoms with Gasteiger partial charge in [0.2, 0.25) is 0 Å². The summed E-state index contributed by atoms with van der Waals surface area (Å²) in [7, 11) is 0. The molecule has 94 valence electrons. The van der Waals surface area contributed by atoms with Gasteiger partial charge in [-0.1, -0.05) is 19.8 Å². The van der Waals surface area contributed by atoms with Crippen molar-refractivity contribution in [3.05, 3.63) is 0 Å². The highest BCUT2D eigenvalue weighted by Gasteiger charge is 2.20. The molecule has 2 N–H and O–H groups in total. The average molecular weight is 231 g/mol. The first-order chi connectivity index (χ1) is 7.74. The number of carboxylic acids is 1. The van der Waals surface area contributed by atoms with E-state index in [1.807, 2.05) is 6.92 Å². The molecule has 0 aromatic carbocycles. The molecule has 5 heteroatoms. The van der Waals surface area contributed by atoms with E-state index in [1.54, 1.807) is 0 Å². The lowest BCUT2D eigenvalue weighted by molar-refractivity contribution is -0.206. The van der Waals surface area contributed by atoms with Crippen molar-refractivity contribution in [2.24, 2.45) is 0 Å². The molecule has 0 aromatic heterocycles. The summed E-state index contributed by atoms with van der Waals surface area (Å²) in [6, 6.07) is -0.634. The molecule has 0 radical (unpaired) electrons. The molecule has 1 aliphatic heterocycles. The Labute approximate surface area is 96.1 Å². The second-order valence-electron chi connectivity index (χ2n) is 4.06. The minimum atomic E-state index is -0.871. The van der Waals surface area contributed by atoms with Crippen LogP contribution in [0.3, 0.4) is 0 Å². The summed E-state index contributed by atoms with van der Waals surface area (Å²) in [5.41, 5.74) is 2.60. The molecular weight excluding hydrogens is 210 g/mol. The van der Waals surface area contributed by atoms with Crippen molar-refractivity contribution in [3.63, 3.8) is 0 Å². The van der Waals surface area contributed by atoms with Gasteiger partial charge < -0.3 is 9.84 Å². The first kappa shape index (κ1) is 13.4. The predicted molar refractivity (Wildman–Crippen MR) is 58.8 cm³/mol. The quantitative estimate of drug-likeness (QED) is 0.652. The SMILES string of the molecule is CCCCC(NOC1CCCCO1)C(=O)O. The van der Waals surface area contributed by atoms with Crippen LogP contribution < -0.4 is 5.48 Å². The molecule has 1 saturated heterocycles. The topological polar surface area (TPSA) is 67.8 Å². The van der Waals surface area contributed by atoms with Gasteiger partial charge in [0.1, 0.15) is 6.04 Å². The maximum absolute atomic E-state index is 10.9. The van der Waals surface area contributed by atoms with E-state index in [1.165, 1.54) is 0 Å². The van der Waals surface area contributed by atoms with Crippen LogP contribution in [0.25, 0.3) is 0 Å². The van der Waals surface area contributed by atoms with E-state index in [2.05, 4.69) is 5.48 Å². The summed E-state index contributed by atoms with van der Waals surface area (Å²) in [6.07, 6.45) is 5.09. The number of aliphatic carboxylic acids is 1. The third-order valence-electron chi connectivity index (χ3n) is 2.62. The maximum atomic E-state index is 10.9. The van der Waals surface area contributed by atoms with Gasteiger partial charge in [0, 0.05) is 13.0 Å². The molecule has 0 aliphatic carbocycles. The zero-order valence-electron chi connectivity index (χ0n) is 9.78. The molecule has 16 heavy (non-hydrogen) atoms. The normalized spacial score (nSPS) is 22.9. The van der Waals surface area contributed by atoms with E-state index in [4.69, 9.17) is 14.7 Å². The Balaban J connectivity index is 2.22. The van der Waals surface area contributed by atoms with Crippen LogP contribution in [-0.4, -0.2) is 30.0 Å². The Hall–Kier alpha value is -0.650. The highest BCUT2D eigenvalue weighted by molar-refractivity contribution is 5.73. The van der Waals surface area contributed by atoms with Crippen molar-refractivity contribution in [1.82, 2.24) is 5.48 Å². The van der Waals surface area contributed by atoms with Gasteiger partial charge in [0.25, 0.3) is 0 Å². The minimum Gasteiger partial charge on any atom is -0.480 e. The van der Waals surface area contributed by atoms with Gasteiger partial charge in [0.15, 0.2) is 6.29 Å². The van der Waals surface area contributed by atoms with Gasteiger partial charge in [-0.05, 0) is 19.3 Å². The molecule has 1 heterocycles. The van der Waals surface area contributed by atoms with Crippen LogP contribution in [-0.2, 0) is 14.4 Å². The van der Waals surface area contributed by atoms with Crippen molar-refractivity contribution in [2.45, 2.75) is 57.8 Å². The lowest BCUT2D eigenvalue weighted by Crippen LogP contribution is -2.40. The predicted octanol–water partition coefficient (Wildman–Crippen LogP) is 1.68. The van der Waals surface area contributed by atoms with Gasteiger partial charge >= 0.3 is 5.97 Å². The number of carboxylic acid groups (broad SMARTS) is 1. The summed E-state index contributed by atoms with van der Waals surface area (Å²) in [6.45, 7) is 2.73. The number of ether oxygens (including phenoxy) is 1. The highest BCUT2D eigenvalue weighted by Crippen LogP contribution is 2.13. The van der Waals surface area contributed by atoms with E-state index < -0.39 is 12.0 Å². The second kappa shape index (κ2) is 7.60. The Bertz CT molecular complexity index is 204. The van der Waals surface area contributed by atoms with Gasteiger partial charge in [-0.2, -0.15) is 5.48 Å². The summed E-state index contributed by atoms with van der Waals surface area (Å²) < 4.78 is 5.33. The fraction of sp³-hybridized carbons (Fsp3) is 0.909. The standard InChI is InChI=1S/C11H21NO4/c1-2-3-6-9(11(13)14)12-16-10-7-4-5-8-15-10/h9-10,12H,2-8H2,1H3,(H,13,14). The number of hydrogen-bond acceptors (Lipinski definition) is 4. The van der Waals surface area contributed by atoms with E-state index in [0.717, 1.165) is 32.1 Å². The smallest absolute Gasteiger partial charge is 0.323 e. The molecule has 5 nitrogen and oxygen atoms in total. The Morgan fingerprint density at radius 3 is 3.00 bits per heavy atom.